The number of aliphatic hydroxyl groups is 1. The zero-order valence-electron chi connectivity index (χ0n) is 22.7. The molecule has 4 rings (SSSR count). The first-order valence-electron chi connectivity index (χ1n) is 12.9. The third-order valence-corrected chi connectivity index (χ3v) is 9.57. The second-order valence-corrected chi connectivity index (χ2v) is 13.3. The number of nitrogens with zero attached hydrogens (tertiary/aromatic N) is 2. The van der Waals surface area contributed by atoms with Crippen LogP contribution in [0, 0.1) is 12.8 Å². The molecule has 3 unspecified atom stereocenters. The van der Waals surface area contributed by atoms with E-state index in [4.69, 9.17) is 17.2 Å². The lowest BCUT2D eigenvalue weighted by atomic mass is 9.84. The second kappa shape index (κ2) is 12.0. The van der Waals surface area contributed by atoms with Crippen LogP contribution in [0.25, 0.3) is 10.2 Å². The van der Waals surface area contributed by atoms with Crippen LogP contribution in [0.4, 0.5) is 5.13 Å². The van der Waals surface area contributed by atoms with Crippen molar-refractivity contribution in [2.75, 3.05) is 12.3 Å². The molecule has 4 aromatic rings. The molecule has 0 spiro atoms. The first-order valence-corrected chi connectivity index (χ1v) is 15.2. The van der Waals surface area contributed by atoms with Gasteiger partial charge in [-0.05, 0) is 60.2 Å². The normalized spacial score (nSPS) is 14.5. The highest BCUT2D eigenvalue weighted by Crippen LogP contribution is 2.32. The first kappa shape index (κ1) is 29.6. The van der Waals surface area contributed by atoms with Gasteiger partial charge in [0.25, 0.3) is 0 Å². The number of amides is 1. The smallest absolute Gasteiger partial charge is 0.248 e. The fraction of sp³-hybridized carbons (Fsp3) is 0.310. The van der Waals surface area contributed by atoms with Crippen molar-refractivity contribution >= 4 is 42.6 Å². The number of fused-ring (bicyclic) bond motifs is 1. The van der Waals surface area contributed by atoms with Crippen molar-refractivity contribution in [1.82, 2.24) is 9.29 Å². The SMILES string of the molecule is Cc1cc(C(Cc2ccccc2)C(O)C(N)N(CC(C)C)S(=O)(=O)c2ccc3nc(N)sc3c2)ccc1C(N)=O. The molecule has 9 nitrogen and oxygen atoms in total. The van der Waals surface area contributed by atoms with Gasteiger partial charge in [0, 0.05) is 18.0 Å². The van der Waals surface area contributed by atoms with Crippen LogP contribution in [0.5, 0.6) is 0 Å². The van der Waals surface area contributed by atoms with Gasteiger partial charge in [0.1, 0.15) is 0 Å². The Morgan fingerprint density at radius 3 is 2.40 bits per heavy atom. The van der Waals surface area contributed by atoms with E-state index in [1.54, 1.807) is 37.3 Å². The number of sulfonamides is 1. The van der Waals surface area contributed by atoms with E-state index >= 15 is 0 Å². The summed E-state index contributed by atoms with van der Waals surface area (Å²) in [7, 11) is -4.11. The Hall–Kier alpha value is -3.35. The Balaban J connectivity index is 1.75. The molecule has 0 saturated carbocycles. The van der Waals surface area contributed by atoms with Crippen LogP contribution < -0.4 is 17.2 Å². The van der Waals surface area contributed by atoms with Crippen LogP contribution in [0.1, 0.15) is 46.8 Å². The van der Waals surface area contributed by atoms with Crippen molar-refractivity contribution in [3.8, 4) is 0 Å². The summed E-state index contributed by atoms with van der Waals surface area (Å²) < 4.78 is 29.8. The zero-order chi connectivity index (χ0) is 29.2. The van der Waals surface area contributed by atoms with Gasteiger partial charge in [0.2, 0.25) is 15.9 Å². The maximum Gasteiger partial charge on any atom is 0.248 e. The maximum absolute atomic E-state index is 14.0. The lowest BCUT2D eigenvalue weighted by molar-refractivity contribution is 0.0646. The van der Waals surface area contributed by atoms with Crippen molar-refractivity contribution in [2.24, 2.45) is 17.4 Å². The molecular weight excluding hydrogens is 546 g/mol. The molecule has 0 aliphatic rings. The molecule has 7 N–H and O–H groups in total. The Kier molecular flexibility index (Phi) is 8.91. The van der Waals surface area contributed by atoms with Crippen LogP contribution in [-0.2, 0) is 16.4 Å². The van der Waals surface area contributed by atoms with E-state index in [-0.39, 0.29) is 17.4 Å². The summed E-state index contributed by atoms with van der Waals surface area (Å²) in [4.78, 5) is 16.1. The lowest BCUT2D eigenvalue weighted by Gasteiger charge is -2.36. The molecule has 0 bridgehead atoms. The van der Waals surface area contributed by atoms with Crippen molar-refractivity contribution in [1.29, 1.82) is 0 Å². The number of aliphatic hydroxyl groups excluding tert-OH is 1. The molecule has 0 radical (unpaired) electrons. The number of hydrogen-bond donors (Lipinski definition) is 4. The van der Waals surface area contributed by atoms with Gasteiger partial charge in [-0.2, -0.15) is 4.31 Å². The molecule has 40 heavy (non-hydrogen) atoms. The Bertz CT molecular complexity index is 1610. The van der Waals surface area contributed by atoms with E-state index in [2.05, 4.69) is 4.98 Å². The summed E-state index contributed by atoms with van der Waals surface area (Å²) in [6, 6.07) is 19.4. The molecule has 1 amide bonds. The van der Waals surface area contributed by atoms with E-state index in [1.165, 1.54) is 21.7 Å². The molecule has 0 fully saturated rings. The van der Waals surface area contributed by atoms with Crippen molar-refractivity contribution in [2.45, 2.75) is 50.3 Å². The van der Waals surface area contributed by atoms with Gasteiger partial charge < -0.3 is 22.3 Å². The number of aromatic nitrogens is 1. The van der Waals surface area contributed by atoms with Crippen molar-refractivity contribution in [3.05, 3.63) is 89.0 Å². The number of thiazole rings is 1. The molecule has 1 heterocycles. The molecular formula is C29H35N5O4S2. The third kappa shape index (κ3) is 6.34. The fourth-order valence-corrected chi connectivity index (χ4v) is 7.43. The maximum atomic E-state index is 14.0. The zero-order valence-corrected chi connectivity index (χ0v) is 24.3. The molecule has 0 saturated heterocycles. The van der Waals surface area contributed by atoms with Crippen LogP contribution in [0.3, 0.4) is 0 Å². The second-order valence-electron chi connectivity index (χ2n) is 10.4. The van der Waals surface area contributed by atoms with Gasteiger partial charge in [0.05, 0.1) is 27.4 Å². The minimum Gasteiger partial charge on any atom is -0.389 e. The average Bonchev–Trinajstić information content (AvgIpc) is 3.29. The van der Waals surface area contributed by atoms with Gasteiger partial charge in [-0.25, -0.2) is 13.4 Å². The third-order valence-electron chi connectivity index (χ3n) is 6.87. The molecule has 3 atom stereocenters. The van der Waals surface area contributed by atoms with Crippen molar-refractivity contribution in [3.63, 3.8) is 0 Å². The van der Waals surface area contributed by atoms with E-state index in [9.17, 15) is 18.3 Å². The summed E-state index contributed by atoms with van der Waals surface area (Å²) in [6.07, 6.45) is -2.15. The Labute approximate surface area is 238 Å². The highest BCUT2D eigenvalue weighted by molar-refractivity contribution is 7.89. The van der Waals surface area contributed by atoms with Crippen LogP contribution in [0.15, 0.2) is 71.6 Å². The molecule has 11 heteroatoms. The van der Waals surface area contributed by atoms with Gasteiger partial charge in [0.15, 0.2) is 5.13 Å². The summed E-state index contributed by atoms with van der Waals surface area (Å²) >= 11 is 1.20. The summed E-state index contributed by atoms with van der Waals surface area (Å²) in [5.41, 5.74) is 21.3. The minimum absolute atomic E-state index is 0.0493. The van der Waals surface area contributed by atoms with E-state index in [0.29, 0.717) is 32.9 Å². The number of aryl methyl sites for hydroxylation is 1. The number of benzene rings is 3. The number of carbonyl (C=O) groups excluding carboxylic acids is 1. The molecule has 3 aromatic carbocycles. The standard InChI is InChI=1S/C29H35N5O4S2/c1-17(2)16-34(40(37,38)21-10-12-24-25(15-21)39-29(32)33-24)27(30)26(35)23(14-19-7-5-4-6-8-19)20-9-11-22(28(31)36)18(3)13-20/h4-13,15,17,23,26-27,35H,14,16,30H2,1-3H3,(H2,31,36)(H2,32,33). The quantitative estimate of drug-likeness (QED) is 0.196. The number of nitrogens with two attached hydrogens (primary N) is 3. The number of rotatable bonds is 11. The van der Waals surface area contributed by atoms with Gasteiger partial charge in [-0.1, -0.05) is 67.6 Å². The molecule has 1 aromatic heterocycles. The van der Waals surface area contributed by atoms with Crippen molar-refractivity contribution < 1.29 is 18.3 Å². The fourth-order valence-electron chi connectivity index (χ4n) is 4.86. The van der Waals surface area contributed by atoms with E-state index in [1.807, 2.05) is 44.2 Å². The molecule has 0 aliphatic carbocycles. The highest BCUT2D eigenvalue weighted by atomic mass is 32.2. The van der Waals surface area contributed by atoms with E-state index in [0.717, 1.165) is 11.1 Å². The predicted molar refractivity (Wildman–Crippen MR) is 159 cm³/mol. The average molecular weight is 582 g/mol. The number of hydrogen-bond acceptors (Lipinski definition) is 8. The van der Waals surface area contributed by atoms with Gasteiger partial charge in [-0.3, -0.25) is 4.79 Å². The molecule has 212 valence electrons. The largest absolute Gasteiger partial charge is 0.389 e. The van der Waals surface area contributed by atoms with Crippen LogP contribution in [0.2, 0.25) is 0 Å². The number of nitrogen functional groups attached to an aromatic ring is 1. The van der Waals surface area contributed by atoms with Crippen LogP contribution >= 0.6 is 11.3 Å². The lowest BCUT2D eigenvalue weighted by Crippen LogP contribution is -2.55. The predicted octanol–water partition coefficient (Wildman–Crippen LogP) is 3.60. The van der Waals surface area contributed by atoms with Gasteiger partial charge >= 0.3 is 0 Å². The summed E-state index contributed by atoms with van der Waals surface area (Å²) in [5.74, 6) is -1.19. The Morgan fingerprint density at radius 2 is 1.77 bits per heavy atom. The highest BCUT2D eigenvalue weighted by Gasteiger charge is 2.38. The molecule has 0 aliphatic heterocycles. The first-order chi connectivity index (χ1) is 18.9. The summed E-state index contributed by atoms with van der Waals surface area (Å²) in [5, 5.41) is 12.1. The van der Waals surface area contributed by atoms with Crippen LogP contribution in [-0.4, -0.2) is 47.5 Å². The number of anilines is 1. The summed E-state index contributed by atoms with van der Waals surface area (Å²) in [6.45, 7) is 5.65. The number of carbonyl (C=O) groups is 1. The van der Waals surface area contributed by atoms with Gasteiger partial charge in [-0.15, -0.1) is 0 Å². The number of primary amides is 1. The minimum atomic E-state index is -4.11. The van der Waals surface area contributed by atoms with E-state index < -0.39 is 34.1 Å². The monoisotopic (exact) mass is 581 g/mol. The topological polar surface area (TPSA) is 166 Å². The Morgan fingerprint density at radius 1 is 1.07 bits per heavy atom.